The maximum Gasteiger partial charge on any atom is 0.344 e. The van der Waals surface area contributed by atoms with Gasteiger partial charge in [-0.15, -0.1) is 0 Å². The van der Waals surface area contributed by atoms with Crippen molar-refractivity contribution in [2.75, 3.05) is 7.11 Å². The van der Waals surface area contributed by atoms with E-state index in [-0.39, 0.29) is 0 Å². The number of carbonyl (C=O) groups excluding carboxylic acids is 1. The Hall–Kier alpha value is -1.23. The normalized spacial score (nSPS) is 10.2. The van der Waals surface area contributed by atoms with E-state index >= 15 is 0 Å². The fourth-order valence-corrected chi connectivity index (χ4v) is 2.19. The average molecular weight is 376 g/mol. The molecule has 0 aliphatic heterocycles. The van der Waals surface area contributed by atoms with E-state index in [1.165, 1.54) is 13.2 Å². The molecule has 0 aromatic heterocycles. The first-order valence-corrected chi connectivity index (χ1v) is 7.07. The van der Waals surface area contributed by atoms with Gasteiger partial charge in [0.05, 0.1) is 22.7 Å². The van der Waals surface area contributed by atoms with Gasteiger partial charge in [-0.1, -0.05) is 23.2 Å². The Labute approximate surface area is 134 Å². The molecule has 2 rings (SSSR count). The second-order valence-corrected chi connectivity index (χ2v) is 5.48. The summed E-state index contributed by atoms with van der Waals surface area (Å²) in [4.78, 5) is 12.1. The van der Waals surface area contributed by atoms with Crippen molar-refractivity contribution in [1.29, 1.82) is 0 Å². The molecule has 3 nitrogen and oxygen atoms in total. The van der Waals surface area contributed by atoms with Crippen LogP contribution in [0.15, 0.2) is 40.9 Å². The SMILES string of the molecule is COc1ccc(Br)c(C(=O)Oc2ccc(Cl)c(Cl)c2)c1. The predicted molar refractivity (Wildman–Crippen MR) is 82.1 cm³/mol. The number of hydrogen-bond donors (Lipinski definition) is 0. The average Bonchev–Trinajstić information content (AvgIpc) is 2.43. The van der Waals surface area contributed by atoms with Crippen molar-refractivity contribution in [3.63, 3.8) is 0 Å². The Morgan fingerprint density at radius 1 is 1.05 bits per heavy atom. The molecule has 2 aromatic rings. The van der Waals surface area contributed by atoms with Gasteiger partial charge in [-0.25, -0.2) is 4.79 Å². The molecule has 0 radical (unpaired) electrons. The second kappa shape index (κ2) is 6.48. The molecule has 0 amide bonds. The van der Waals surface area contributed by atoms with Crippen molar-refractivity contribution >= 4 is 45.1 Å². The Morgan fingerprint density at radius 3 is 2.40 bits per heavy atom. The van der Waals surface area contributed by atoms with Crippen molar-refractivity contribution in [3.8, 4) is 11.5 Å². The van der Waals surface area contributed by atoms with Crippen LogP contribution in [-0.2, 0) is 0 Å². The van der Waals surface area contributed by atoms with E-state index in [9.17, 15) is 4.79 Å². The van der Waals surface area contributed by atoms with Crippen molar-refractivity contribution in [2.45, 2.75) is 0 Å². The van der Waals surface area contributed by atoms with Gasteiger partial charge < -0.3 is 9.47 Å². The Bertz CT molecular complexity index is 659. The summed E-state index contributed by atoms with van der Waals surface area (Å²) in [5.74, 6) is 0.363. The van der Waals surface area contributed by atoms with Crippen LogP contribution in [0.4, 0.5) is 0 Å². The van der Waals surface area contributed by atoms with Gasteiger partial charge in [0.25, 0.3) is 0 Å². The van der Waals surface area contributed by atoms with Crippen LogP contribution in [0.3, 0.4) is 0 Å². The second-order valence-electron chi connectivity index (χ2n) is 3.81. The molecule has 104 valence electrons. The van der Waals surface area contributed by atoms with Crippen LogP contribution in [0.25, 0.3) is 0 Å². The topological polar surface area (TPSA) is 35.5 Å². The highest BCUT2D eigenvalue weighted by molar-refractivity contribution is 9.10. The molecule has 0 heterocycles. The quantitative estimate of drug-likeness (QED) is 0.560. The Balaban J connectivity index is 2.25. The van der Waals surface area contributed by atoms with E-state index in [2.05, 4.69) is 15.9 Å². The van der Waals surface area contributed by atoms with E-state index in [0.29, 0.717) is 31.6 Å². The third-order valence-corrected chi connectivity index (χ3v) is 3.93. The smallest absolute Gasteiger partial charge is 0.344 e. The first kappa shape index (κ1) is 15.2. The molecule has 0 aliphatic rings. The monoisotopic (exact) mass is 374 g/mol. The van der Waals surface area contributed by atoms with Gasteiger partial charge in [0.2, 0.25) is 0 Å². The summed E-state index contributed by atoms with van der Waals surface area (Å²) in [7, 11) is 1.53. The lowest BCUT2D eigenvalue weighted by atomic mass is 10.2. The fourth-order valence-electron chi connectivity index (χ4n) is 1.49. The van der Waals surface area contributed by atoms with Gasteiger partial charge in [-0.3, -0.25) is 0 Å². The number of rotatable bonds is 3. The molecular weight excluding hydrogens is 367 g/mol. The molecule has 0 fully saturated rings. The van der Waals surface area contributed by atoms with Crippen LogP contribution < -0.4 is 9.47 Å². The number of esters is 1. The van der Waals surface area contributed by atoms with Crippen LogP contribution >= 0.6 is 39.1 Å². The van der Waals surface area contributed by atoms with Gasteiger partial charge in [-0.05, 0) is 46.3 Å². The highest BCUT2D eigenvalue weighted by atomic mass is 79.9. The standard InChI is InChI=1S/C14H9BrCl2O3/c1-19-8-2-4-11(15)10(6-8)14(18)20-9-3-5-12(16)13(17)7-9/h2-7H,1H3. The van der Waals surface area contributed by atoms with E-state index in [0.717, 1.165) is 0 Å². The van der Waals surface area contributed by atoms with Gasteiger partial charge in [0.15, 0.2) is 0 Å². The molecule has 0 aliphatic carbocycles. The number of methoxy groups -OCH3 is 1. The highest BCUT2D eigenvalue weighted by Gasteiger charge is 2.14. The van der Waals surface area contributed by atoms with Gasteiger partial charge in [-0.2, -0.15) is 0 Å². The third kappa shape index (κ3) is 3.45. The van der Waals surface area contributed by atoms with E-state index in [1.54, 1.807) is 30.3 Å². The Morgan fingerprint density at radius 2 is 1.75 bits per heavy atom. The van der Waals surface area contributed by atoms with Crippen LogP contribution in [0.1, 0.15) is 10.4 Å². The first-order chi connectivity index (χ1) is 9.51. The maximum atomic E-state index is 12.1. The Kier molecular flexibility index (Phi) is 4.91. The minimum absolute atomic E-state index is 0.319. The predicted octanol–water partition coefficient (Wildman–Crippen LogP) is 4.98. The van der Waals surface area contributed by atoms with Gasteiger partial charge in [0, 0.05) is 10.5 Å². The zero-order chi connectivity index (χ0) is 14.7. The lowest BCUT2D eigenvalue weighted by Gasteiger charge is -2.08. The number of ether oxygens (including phenoxy) is 2. The molecule has 0 N–H and O–H groups in total. The molecule has 6 heteroatoms. The van der Waals surface area contributed by atoms with Crippen LogP contribution in [0.2, 0.25) is 10.0 Å². The van der Waals surface area contributed by atoms with Crippen molar-refractivity contribution in [3.05, 3.63) is 56.5 Å². The summed E-state index contributed by atoms with van der Waals surface area (Å²) in [6.07, 6.45) is 0. The molecule has 20 heavy (non-hydrogen) atoms. The molecular formula is C14H9BrCl2O3. The summed E-state index contributed by atoms with van der Waals surface area (Å²) in [5.41, 5.74) is 0.357. The minimum Gasteiger partial charge on any atom is -0.497 e. The molecule has 0 bridgehead atoms. The van der Waals surface area contributed by atoms with E-state index in [1.807, 2.05) is 0 Å². The number of halogens is 3. The largest absolute Gasteiger partial charge is 0.497 e. The highest BCUT2D eigenvalue weighted by Crippen LogP contribution is 2.28. The summed E-state index contributed by atoms with van der Waals surface area (Å²) in [6, 6.07) is 9.65. The molecule has 0 spiro atoms. The number of benzene rings is 2. The van der Waals surface area contributed by atoms with Gasteiger partial charge >= 0.3 is 5.97 Å². The lowest BCUT2D eigenvalue weighted by Crippen LogP contribution is -2.09. The van der Waals surface area contributed by atoms with Crippen LogP contribution in [0, 0.1) is 0 Å². The fraction of sp³-hybridized carbons (Fsp3) is 0.0714. The zero-order valence-corrected chi connectivity index (χ0v) is 13.4. The van der Waals surface area contributed by atoms with Gasteiger partial charge in [0.1, 0.15) is 11.5 Å². The summed E-state index contributed by atoms with van der Waals surface area (Å²) in [5, 5.41) is 0.718. The number of carbonyl (C=O) groups is 1. The zero-order valence-electron chi connectivity index (χ0n) is 10.3. The van der Waals surface area contributed by atoms with E-state index < -0.39 is 5.97 Å². The first-order valence-electron chi connectivity index (χ1n) is 5.52. The molecule has 0 saturated heterocycles. The molecule has 0 unspecified atom stereocenters. The lowest BCUT2D eigenvalue weighted by molar-refractivity contribution is 0.0733. The van der Waals surface area contributed by atoms with Crippen molar-refractivity contribution in [2.24, 2.45) is 0 Å². The maximum absolute atomic E-state index is 12.1. The summed E-state index contributed by atoms with van der Waals surface area (Å²) >= 11 is 15.0. The van der Waals surface area contributed by atoms with E-state index in [4.69, 9.17) is 32.7 Å². The molecule has 2 aromatic carbocycles. The van der Waals surface area contributed by atoms with Crippen molar-refractivity contribution < 1.29 is 14.3 Å². The molecule has 0 atom stereocenters. The minimum atomic E-state index is -0.519. The molecule has 0 saturated carbocycles. The summed E-state index contributed by atoms with van der Waals surface area (Å²) in [6.45, 7) is 0. The number of hydrogen-bond acceptors (Lipinski definition) is 3. The van der Waals surface area contributed by atoms with Crippen LogP contribution in [-0.4, -0.2) is 13.1 Å². The van der Waals surface area contributed by atoms with Crippen molar-refractivity contribution in [1.82, 2.24) is 0 Å². The third-order valence-electron chi connectivity index (χ3n) is 2.50. The summed E-state index contributed by atoms with van der Waals surface area (Å²) < 4.78 is 10.9. The van der Waals surface area contributed by atoms with Crippen LogP contribution in [0.5, 0.6) is 11.5 Å².